The maximum absolute atomic E-state index is 11.0. The first-order chi connectivity index (χ1) is 6.66. The van der Waals surface area contributed by atoms with Crippen LogP contribution in [0.1, 0.15) is 0 Å². The second kappa shape index (κ2) is 5.11. The van der Waals surface area contributed by atoms with Crippen LogP contribution >= 0.6 is 58.7 Å². The lowest BCUT2D eigenvalue weighted by Gasteiger charge is -2.17. The number of phosphoric acid groups is 2. The molecule has 0 aliphatic carbocycles. The molecule has 2 atom stereocenters. The third-order valence-electron chi connectivity index (χ3n) is 0.706. The first kappa shape index (κ1) is 17.3. The Balaban J connectivity index is 4.94. The summed E-state index contributed by atoms with van der Waals surface area (Å²) in [4.78, 5) is 33.8. The lowest BCUT2D eigenvalue weighted by molar-refractivity contribution is -0.407. The highest BCUT2D eigenvalue weighted by atomic mass is 35.6. The van der Waals surface area contributed by atoms with Crippen LogP contribution in [0, 0.1) is 0 Å². The molecule has 0 aromatic rings. The van der Waals surface area contributed by atoms with Gasteiger partial charge in [-0.2, -0.15) is 13.2 Å². The Labute approximate surface area is 104 Å². The summed E-state index contributed by atoms with van der Waals surface area (Å²) in [6.07, 6.45) is 0. The predicted molar refractivity (Wildman–Crippen MR) is 51.7 cm³/mol. The van der Waals surface area contributed by atoms with Crippen LogP contribution in [0.15, 0.2) is 0 Å². The van der Waals surface area contributed by atoms with Crippen LogP contribution in [0.4, 0.5) is 0 Å². The van der Waals surface area contributed by atoms with Crippen molar-refractivity contribution in [3.8, 4) is 0 Å². The van der Waals surface area contributed by atoms with E-state index < -0.39 is 26.2 Å². The maximum Gasteiger partial charge on any atom is 0.592 e. The van der Waals surface area contributed by atoms with E-state index in [1.807, 2.05) is 0 Å². The van der Waals surface area contributed by atoms with Gasteiger partial charge in [0.25, 0.3) is 0 Å². The Hall–Kier alpha value is 1.28. The molecule has 0 bridgehead atoms. The average molecular weight is 361 g/mol. The van der Waals surface area contributed by atoms with Crippen molar-refractivity contribution in [3.05, 3.63) is 0 Å². The summed E-state index contributed by atoms with van der Waals surface area (Å²) in [6, 6.07) is 0. The van der Waals surface area contributed by atoms with E-state index in [4.69, 9.17) is 54.9 Å². The van der Waals surface area contributed by atoms with Crippen LogP contribution in [0.3, 0.4) is 0 Å². The monoisotopic (exact) mass is 360 g/mol. The van der Waals surface area contributed by atoms with Crippen molar-refractivity contribution in [1.29, 1.82) is 0 Å². The minimum Gasteiger partial charge on any atom is -0.302 e. The van der Waals surface area contributed by atoms with Crippen molar-refractivity contribution in [2.24, 2.45) is 0 Å². The summed E-state index contributed by atoms with van der Waals surface area (Å²) in [5.41, 5.74) is 0. The molecule has 16 heavy (non-hydrogen) atoms. The summed E-state index contributed by atoms with van der Waals surface area (Å²) < 4.78 is 36.3. The quantitative estimate of drug-likeness (QED) is 0.422. The minimum absolute atomic E-state index is 2.33. The van der Waals surface area contributed by atoms with Gasteiger partial charge >= 0.3 is 23.4 Å². The highest BCUT2D eigenvalue weighted by Crippen LogP contribution is 2.71. The van der Waals surface area contributed by atoms with Gasteiger partial charge in [0.15, 0.2) is 0 Å². The first-order valence-corrected chi connectivity index (χ1v) is 8.36. The molecule has 0 amide bonds. The third kappa shape index (κ3) is 6.28. The average Bonchev–Trinajstić information content (AvgIpc) is 1.72. The Morgan fingerprint density at radius 3 is 1.50 bits per heavy atom. The molecule has 98 valence electrons. The Morgan fingerprint density at radius 2 is 1.25 bits per heavy atom. The fraction of sp³-hybridized carbons (Fsp3) is 0. The van der Waals surface area contributed by atoms with Crippen LogP contribution in [0.25, 0.3) is 0 Å². The van der Waals surface area contributed by atoms with Crippen molar-refractivity contribution in [3.63, 3.8) is 0 Å². The molecular weight excluding hydrogens is 357 g/mol. The van der Waals surface area contributed by atoms with Crippen molar-refractivity contribution < 1.29 is 44.7 Å². The first-order valence-electron chi connectivity index (χ1n) is 2.79. The number of hydrogen-bond acceptors (Lipinski definition) is 5. The molecule has 4 N–H and O–H groups in total. The molecule has 0 rings (SSSR count). The Morgan fingerprint density at radius 1 is 0.875 bits per heavy atom. The topological polar surface area (TPSA) is 151 Å². The summed E-state index contributed by atoms with van der Waals surface area (Å²) in [6.45, 7) is 0. The van der Waals surface area contributed by atoms with Gasteiger partial charge in [0.1, 0.15) is 0 Å². The molecule has 0 saturated carbocycles. The van der Waals surface area contributed by atoms with Gasteiger partial charge in [-0.15, -0.1) is 0 Å². The van der Waals surface area contributed by atoms with Gasteiger partial charge in [-0.1, -0.05) is 0 Å². The molecule has 0 aromatic carbocycles. The van der Waals surface area contributed by atoms with Crippen molar-refractivity contribution in [2.75, 3.05) is 0 Å². The number of rotatable bonds is 5. The zero-order valence-electron chi connectivity index (χ0n) is 6.75. The van der Waals surface area contributed by atoms with Gasteiger partial charge in [0.05, 0.1) is 2.81 Å². The normalized spacial score (nSPS) is 21.2. The lowest BCUT2D eigenvalue weighted by atomic mass is 13.8. The lowest BCUT2D eigenvalue weighted by Crippen LogP contribution is -2.11. The van der Waals surface area contributed by atoms with Gasteiger partial charge in [0, 0.05) is 0 Å². The van der Waals surface area contributed by atoms with E-state index in [9.17, 15) is 13.7 Å². The van der Waals surface area contributed by atoms with Crippen molar-refractivity contribution >= 4 is 58.7 Å². The standard InChI is InChI=1S/Cl3H3NO9P3/c1-4(2,3)14(5,6)12-16(10,11)13-15(7,8)9/h(H3-,5,6,7,8,9,10,11)/p+1. The largest absolute Gasteiger partial charge is 0.592 e. The highest BCUT2D eigenvalue weighted by molar-refractivity contribution is 7.67. The Bertz CT molecular complexity index is 391. The van der Waals surface area contributed by atoms with Crippen LogP contribution in [0.2, 0.25) is 0 Å². The molecule has 0 spiro atoms. The molecule has 0 aliphatic rings. The molecular formula is H4Cl3NO9P3+. The number of nitrogens with zero attached hydrogens (tertiary/aromatic N) is 1. The second-order valence-corrected chi connectivity index (χ2v) is 9.58. The molecule has 0 aromatic heterocycles. The van der Waals surface area contributed by atoms with E-state index in [-0.39, 0.29) is 0 Å². The highest BCUT2D eigenvalue weighted by Gasteiger charge is 2.56. The van der Waals surface area contributed by atoms with Gasteiger partial charge in [0.2, 0.25) is 35.3 Å². The van der Waals surface area contributed by atoms with E-state index in [0.717, 1.165) is 0 Å². The predicted octanol–water partition coefficient (Wildman–Crippen LogP) is 1.59. The van der Waals surface area contributed by atoms with Gasteiger partial charge in [-0.05, 0) is 0 Å². The molecule has 16 heteroatoms. The number of quaternary nitrogens is 1. The van der Waals surface area contributed by atoms with Crippen LogP contribution in [0.5, 0.6) is 0 Å². The molecule has 0 fully saturated rings. The van der Waals surface area contributed by atoms with E-state index in [1.165, 1.54) is 0 Å². The molecule has 2 unspecified atom stereocenters. The smallest absolute Gasteiger partial charge is 0.302 e. The number of hydrogen-bond donors (Lipinski definition) is 4. The summed E-state index contributed by atoms with van der Waals surface area (Å²) in [5, 5.41) is 0. The summed E-state index contributed by atoms with van der Waals surface area (Å²) in [7, 11) is -16.3. The second-order valence-electron chi connectivity index (χ2n) is 2.03. The Kier molecular flexibility index (Phi) is 5.52. The minimum atomic E-state index is -5.58. The maximum atomic E-state index is 11.0. The molecule has 0 saturated heterocycles. The van der Waals surface area contributed by atoms with Gasteiger partial charge < -0.3 is 14.7 Å². The van der Waals surface area contributed by atoms with Crippen LogP contribution in [-0.2, 0) is 22.3 Å². The molecule has 0 aliphatic heterocycles. The SMILES string of the molecule is O=P(O)(O)OP(=O)(O)OP(=O)(O)[N+](Cl)(Cl)Cl. The number of halogens is 3. The van der Waals surface area contributed by atoms with Crippen molar-refractivity contribution in [2.45, 2.75) is 0 Å². The fourth-order valence-electron chi connectivity index (χ4n) is 0.325. The summed E-state index contributed by atoms with van der Waals surface area (Å²) >= 11 is 14.6. The third-order valence-corrected chi connectivity index (χ3v) is 6.35. The van der Waals surface area contributed by atoms with Crippen LogP contribution < -0.4 is 0 Å². The van der Waals surface area contributed by atoms with Gasteiger partial charge in [-0.25, -0.2) is 9.13 Å². The zero-order valence-corrected chi connectivity index (χ0v) is 11.7. The van der Waals surface area contributed by atoms with E-state index in [0.29, 0.717) is 0 Å². The molecule has 0 radical (unpaired) electrons. The fourth-order valence-corrected chi connectivity index (χ4v) is 3.94. The molecule has 10 nitrogen and oxygen atoms in total. The van der Waals surface area contributed by atoms with E-state index in [2.05, 4.69) is 8.62 Å². The van der Waals surface area contributed by atoms with Crippen molar-refractivity contribution in [1.82, 2.24) is 0 Å². The molecule has 0 heterocycles. The van der Waals surface area contributed by atoms with E-state index >= 15 is 0 Å². The van der Waals surface area contributed by atoms with E-state index in [1.54, 1.807) is 0 Å². The zero-order chi connectivity index (χ0) is 13.4. The summed E-state index contributed by atoms with van der Waals surface area (Å²) in [5.74, 6) is 0. The van der Waals surface area contributed by atoms with Crippen LogP contribution in [-0.4, -0.2) is 22.4 Å². The van der Waals surface area contributed by atoms with Gasteiger partial charge in [-0.3, -0.25) is 4.89 Å².